The van der Waals surface area contributed by atoms with Gasteiger partial charge in [0.2, 0.25) is 0 Å². The van der Waals surface area contributed by atoms with Gasteiger partial charge in [-0.25, -0.2) is 0 Å². The lowest BCUT2D eigenvalue weighted by molar-refractivity contribution is 0.0717. The summed E-state index contributed by atoms with van der Waals surface area (Å²) in [5, 5.41) is 0. The molecule has 0 aliphatic carbocycles. The average Bonchev–Trinajstić information content (AvgIpc) is 3.21. The van der Waals surface area contributed by atoms with Crippen LogP contribution in [-0.4, -0.2) is 24.5 Å². The minimum absolute atomic E-state index is 0.100. The first-order chi connectivity index (χ1) is 13.2. The lowest BCUT2D eigenvalue weighted by Gasteiger charge is -2.22. The van der Waals surface area contributed by atoms with Gasteiger partial charge in [0.05, 0.1) is 26.5 Å². The van der Waals surface area contributed by atoms with Crippen molar-refractivity contribution in [3.05, 3.63) is 83.8 Å². The van der Waals surface area contributed by atoms with Crippen LogP contribution < -0.4 is 9.47 Å². The van der Waals surface area contributed by atoms with Crippen molar-refractivity contribution in [1.29, 1.82) is 0 Å². The van der Waals surface area contributed by atoms with Crippen molar-refractivity contribution >= 4 is 5.91 Å². The second-order valence-corrected chi connectivity index (χ2v) is 6.02. The molecule has 140 valence electrons. The van der Waals surface area contributed by atoms with Gasteiger partial charge in [0.15, 0.2) is 11.5 Å². The first kappa shape index (κ1) is 18.6. The molecule has 0 spiro atoms. The minimum atomic E-state index is -0.100. The highest BCUT2D eigenvalue weighted by Crippen LogP contribution is 2.29. The molecular weight excluding hydrogens is 342 g/mol. The molecule has 0 atom stereocenters. The summed E-state index contributed by atoms with van der Waals surface area (Å²) in [7, 11) is 1.57. The predicted molar refractivity (Wildman–Crippen MR) is 103 cm³/mol. The van der Waals surface area contributed by atoms with Crippen molar-refractivity contribution in [3.63, 3.8) is 0 Å². The van der Waals surface area contributed by atoms with Crippen LogP contribution in [0.15, 0.2) is 71.3 Å². The number of ether oxygens (including phenoxy) is 2. The molecule has 0 aliphatic rings. The lowest BCUT2D eigenvalue weighted by atomic mass is 10.1. The Labute approximate surface area is 159 Å². The molecule has 0 fully saturated rings. The Balaban J connectivity index is 1.87. The van der Waals surface area contributed by atoms with Crippen LogP contribution in [0.4, 0.5) is 0 Å². The Morgan fingerprint density at radius 3 is 2.48 bits per heavy atom. The standard InChI is InChI=1S/C22H23NO4/c1-3-26-20-12-11-18(14-21(20)25-2)22(24)23(16-19-10-7-13-27-19)15-17-8-5-4-6-9-17/h4-14H,3,15-16H2,1-2H3. The van der Waals surface area contributed by atoms with Gasteiger partial charge in [-0.1, -0.05) is 30.3 Å². The van der Waals surface area contributed by atoms with E-state index in [0.29, 0.717) is 36.8 Å². The maximum atomic E-state index is 13.2. The molecule has 0 saturated carbocycles. The molecule has 2 aromatic carbocycles. The van der Waals surface area contributed by atoms with E-state index in [1.165, 1.54) is 0 Å². The first-order valence-electron chi connectivity index (χ1n) is 8.87. The number of hydrogen-bond acceptors (Lipinski definition) is 4. The lowest BCUT2D eigenvalue weighted by Crippen LogP contribution is -2.30. The zero-order valence-corrected chi connectivity index (χ0v) is 15.6. The van der Waals surface area contributed by atoms with Gasteiger partial charge in [0, 0.05) is 12.1 Å². The van der Waals surface area contributed by atoms with Gasteiger partial charge in [0.25, 0.3) is 5.91 Å². The van der Waals surface area contributed by atoms with Gasteiger partial charge in [-0.05, 0) is 42.8 Å². The van der Waals surface area contributed by atoms with Gasteiger partial charge in [-0.2, -0.15) is 0 Å². The van der Waals surface area contributed by atoms with Crippen LogP contribution in [0.3, 0.4) is 0 Å². The van der Waals surface area contributed by atoms with E-state index in [-0.39, 0.29) is 5.91 Å². The fourth-order valence-electron chi connectivity index (χ4n) is 2.85. The average molecular weight is 365 g/mol. The normalized spacial score (nSPS) is 10.4. The molecule has 5 nitrogen and oxygen atoms in total. The topological polar surface area (TPSA) is 51.9 Å². The molecule has 0 aliphatic heterocycles. The molecular formula is C22H23NO4. The first-order valence-corrected chi connectivity index (χ1v) is 8.87. The molecule has 3 aromatic rings. The summed E-state index contributed by atoms with van der Waals surface area (Å²) in [5.41, 5.74) is 1.59. The van der Waals surface area contributed by atoms with Gasteiger partial charge in [0.1, 0.15) is 5.76 Å². The van der Waals surface area contributed by atoms with Crippen LogP contribution in [0.2, 0.25) is 0 Å². The van der Waals surface area contributed by atoms with E-state index < -0.39 is 0 Å². The smallest absolute Gasteiger partial charge is 0.254 e. The summed E-state index contributed by atoms with van der Waals surface area (Å²) in [4.78, 5) is 15.0. The Morgan fingerprint density at radius 1 is 1.00 bits per heavy atom. The number of nitrogens with zero attached hydrogens (tertiary/aromatic N) is 1. The van der Waals surface area contributed by atoms with Gasteiger partial charge in [-0.3, -0.25) is 4.79 Å². The van der Waals surface area contributed by atoms with Crippen molar-refractivity contribution < 1.29 is 18.7 Å². The maximum absolute atomic E-state index is 13.2. The molecule has 5 heteroatoms. The second kappa shape index (κ2) is 8.94. The second-order valence-electron chi connectivity index (χ2n) is 6.02. The third kappa shape index (κ3) is 4.70. The number of hydrogen-bond donors (Lipinski definition) is 0. The molecule has 0 saturated heterocycles. The Morgan fingerprint density at radius 2 is 1.81 bits per heavy atom. The monoisotopic (exact) mass is 365 g/mol. The largest absolute Gasteiger partial charge is 0.493 e. The van der Waals surface area contributed by atoms with E-state index in [2.05, 4.69) is 0 Å². The highest BCUT2D eigenvalue weighted by atomic mass is 16.5. The number of carbonyl (C=O) groups is 1. The summed E-state index contributed by atoms with van der Waals surface area (Å²) in [6, 6.07) is 18.8. The zero-order valence-electron chi connectivity index (χ0n) is 15.6. The van der Waals surface area contributed by atoms with Crippen molar-refractivity contribution in [2.45, 2.75) is 20.0 Å². The summed E-state index contributed by atoms with van der Waals surface area (Å²) in [5.74, 6) is 1.80. The molecule has 0 N–H and O–H groups in total. The molecule has 1 heterocycles. The fraction of sp³-hybridized carbons (Fsp3) is 0.227. The van der Waals surface area contributed by atoms with E-state index in [1.54, 1.807) is 36.5 Å². The predicted octanol–water partition coefficient (Wildman–Crippen LogP) is 4.53. The Kier molecular flexibility index (Phi) is 6.15. The van der Waals surface area contributed by atoms with Crippen LogP contribution in [0, 0.1) is 0 Å². The maximum Gasteiger partial charge on any atom is 0.254 e. The van der Waals surface area contributed by atoms with Crippen LogP contribution in [0.25, 0.3) is 0 Å². The Hall–Kier alpha value is -3.21. The quantitative estimate of drug-likeness (QED) is 0.588. The fourth-order valence-corrected chi connectivity index (χ4v) is 2.85. The van der Waals surface area contributed by atoms with E-state index in [0.717, 1.165) is 11.3 Å². The Bertz CT molecular complexity index is 859. The molecule has 0 radical (unpaired) electrons. The molecule has 1 aromatic heterocycles. The van der Waals surface area contributed by atoms with Gasteiger partial charge < -0.3 is 18.8 Å². The van der Waals surface area contributed by atoms with Crippen molar-refractivity contribution in [2.24, 2.45) is 0 Å². The highest BCUT2D eigenvalue weighted by molar-refractivity contribution is 5.94. The third-order valence-electron chi connectivity index (χ3n) is 4.14. The van der Waals surface area contributed by atoms with Crippen LogP contribution in [-0.2, 0) is 13.1 Å². The summed E-state index contributed by atoms with van der Waals surface area (Å²) >= 11 is 0. The molecule has 27 heavy (non-hydrogen) atoms. The number of rotatable bonds is 8. The zero-order chi connectivity index (χ0) is 19.1. The number of methoxy groups -OCH3 is 1. The van der Waals surface area contributed by atoms with Gasteiger partial charge >= 0.3 is 0 Å². The molecule has 0 unspecified atom stereocenters. The minimum Gasteiger partial charge on any atom is -0.493 e. The molecule has 3 rings (SSSR count). The van der Waals surface area contributed by atoms with E-state index in [9.17, 15) is 4.79 Å². The van der Waals surface area contributed by atoms with E-state index in [4.69, 9.17) is 13.9 Å². The number of furan rings is 1. The summed E-state index contributed by atoms with van der Waals surface area (Å²) < 4.78 is 16.4. The van der Waals surface area contributed by atoms with Crippen LogP contribution in [0.1, 0.15) is 28.6 Å². The van der Waals surface area contributed by atoms with Crippen LogP contribution in [0.5, 0.6) is 11.5 Å². The third-order valence-corrected chi connectivity index (χ3v) is 4.14. The summed E-state index contributed by atoms with van der Waals surface area (Å²) in [6.45, 7) is 3.30. The van der Waals surface area contributed by atoms with E-state index in [1.807, 2.05) is 49.4 Å². The number of amides is 1. The number of carbonyl (C=O) groups excluding carboxylic acids is 1. The summed E-state index contributed by atoms with van der Waals surface area (Å²) in [6.07, 6.45) is 1.61. The molecule has 0 bridgehead atoms. The van der Waals surface area contributed by atoms with E-state index >= 15 is 0 Å². The highest BCUT2D eigenvalue weighted by Gasteiger charge is 2.19. The van der Waals surface area contributed by atoms with Crippen molar-refractivity contribution in [2.75, 3.05) is 13.7 Å². The van der Waals surface area contributed by atoms with Crippen molar-refractivity contribution in [3.8, 4) is 11.5 Å². The van der Waals surface area contributed by atoms with Gasteiger partial charge in [-0.15, -0.1) is 0 Å². The number of benzene rings is 2. The van der Waals surface area contributed by atoms with Crippen molar-refractivity contribution in [1.82, 2.24) is 4.90 Å². The van der Waals surface area contributed by atoms with Crippen LogP contribution >= 0.6 is 0 Å². The molecule has 1 amide bonds. The SMILES string of the molecule is CCOc1ccc(C(=O)N(Cc2ccccc2)Cc2ccco2)cc1OC.